The predicted octanol–water partition coefficient (Wildman–Crippen LogP) is 1.80. The van der Waals surface area contributed by atoms with Gasteiger partial charge in [-0.2, -0.15) is 0 Å². The topological polar surface area (TPSA) is 47.0 Å². The maximum atomic E-state index is 5.28. The van der Waals surface area contributed by atoms with Crippen molar-refractivity contribution in [1.29, 1.82) is 0 Å². The van der Waals surface area contributed by atoms with Crippen molar-refractivity contribution in [2.24, 2.45) is 0 Å². The largest absolute Gasteiger partial charge is 0.381 e. The molecule has 1 N–H and O–H groups in total. The number of aryl methyl sites for hydroxylation is 1. The van der Waals surface area contributed by atoms with Crippen molar-refractivity contribution >= 4 is 5.82 Å². The summed E-state index contributed by atoms with van der Waals surface area (Å²) in [5, 5.41) is 3.19. The summed E-state index contributed by atoms with van der Waals surface area (Å²) in [5.74, 6) is 1.75. The zero-order valence-corrected chi connectivity index (χ0v) is 9.71. The first-order valence-electron chi connectivity index (χ1n) is 5.42. The lowest BCUT2D eigenvalue weighted by Crippen LogP contribution is -2.07. The maximum absolute atomic E-state index is 5.28. The van der Waals surface area contributed by atoms with Gasteiger partial charge in [0.05, 0.1) is 6.61 Å². The van der Waals surface area contributed by atoms with E-state index in [0.717, 1.165) is 36.9 Å². The molecule has 15 heavy (non-hydrogen) atoms. The van der Waals surface area contributed by atoms with Gasteiger partial charge in [0.15, 0.2) is 0 Å². The Labute approximate surface area is 91.1 Å². The fourth-order valence-electron chi connectivity index (χ4n) is 1.32. The second-order valence-corrected chi connectivity index (χ2v) is 3.29. The third-order valence-electron chi connectivity index (χ3n) is 1.93. The number of nitrogens with zero attached hydrogens (tertiary/aromatic N) is 2. The molecule has 0 fully saturated rings. The fraction of sp³-hybridized carbons (Fsp3) is 0.636. The molecule has 0 aliphatic rings. The summed E-state index contributed by atoms with van der Waals surface area (Å²) in [5.41, 5.74) is 0.993. The molecule has 0 aliphatic carbocycles. The lowest BCUT2D eigenvalue weighted by Gasteiger charge is -2.06. The van der Waals surface area contributed by atoms with E-state index in [4.69, 9.17) is 4.74 Å². The Balaban J connectivity index is 2.62. The molecular weight excluding hydrogens is 190 g/mol. The first-order chi connectivity index (χ1) is 7.26. The summed E-state index contributed by atoms with van der Waals surface area (Å²) in [7, 11) is 0. The van der Waals surface area contributed by atoms with Crippen molar-refractivity contribution in [3.05, 3.63) is 17.6 Å². The van der Waals surface area contributed by atoms with Crippen molar-refractivity contribution in [2.75, 3.05) is 25.1 Å². The lowest BCUT2D eigenvalue weighted by atomic mass is 10.3. The third-order valence-corrected chi connectivity index (χ3v) is 1.93. The van der Waals surface area contributed by atoms with E-state index < -0.39 is 0 Å². The second kappa shape index (κ2) is 6.35. The zero-order chi connectivity index (χ0) is 11.1. The number of nitrogens with one attached hydrogen (secondary N) is 1. The van der Waals surface area contributed by atoms with Gasteiger partial charge in [0.1, 0.15) is 11.6 Å². The van der Waals surface area contributed by atoms with E-state index in [0.29, 0.717) is 6.61 Å². The Morgan fingerprint density at radius 1 is 1.33 bits per heavy atom. The van der Waals surface area contributed by atoms with Crippen LogP contribution in [0.5, 0.6) is 0 Å². The Kier molecular flexibility index (Phi) is 5.04. The van der Waals surface area contributed by atoms with Crippen LogP contribution in [0, 0.1) is 6.92 Å². The van der Waals surface area contributed by atoms with E-state index in [1.54, 1.807) is 0 Å². The van der Waals surface area contributed by atoms with Crippen molar-refractivity contribution in [3.63, 3.8) is 0 Å². The molecular formula is C11H19N3O. The molecule has 4 heteroatoms. The quantitative estimate of drug-likeness (QED) is 0.726. The molecule has 0 saturated heterocycles. The molecule has 0 bridgehead atoms. The van der Waals surface area contributed by atoms with Gasteiger partial charge in [-0.25, -0.2) is 9.97 Å². The first kappa shape index (κ1) is 11.9. The highest BCUT2D eigenvalue weighted by atomic mass is 16.5. The fourth-order valence-corrected chi connectivity index (χ4v) is 1.32. The van der Waals surface area contributed by atoms with Crippen LogP contribution in [0.3, 0.4) is 0 Å². The average molecular weight is 209 g/mol. The number of anilines is 1. The van der Waals surface area contributed by atoms with Crippen molar-refractivity contribution in [1.82, 2.24) is 9.97 Å². The summed E-state index contributed by atoms with van der Waals surface area (Å²) in [4.78, 5) is 8.75. The van der Waals surface area contributed by atoms with Gasteiger partial charge in [0.25, 0.3) is 0 Å². The van der Waals surface area contributed by atoms with Gasteiger partial charge < -0.3 is 10.1 Å². The van der Waals surface area contributed by atoms with E-state index in [1.165, 1.54) is 0 Å². The van der Waals surface area contributed by atoms with E-state index in [9.17, 15) is 0 Å². The molecule has 0 radical (unpaired) electrons. The molecule has 84 valence electrons. The molecule has 1 aromatic rings. The molecule has 0 spiro atoms. The highest BCUT2D eigenvalue weighted by Crippen LogP contribution is 2.06. The predicted molar refractivity (Wildman–Crippen MR) is 61.1 cm³/mol. The van der Waals surface area contributed by atoms with Crippen LogP contribution in [0.1, 0.15) is 25.4 Å². The smallest absolute Gasteiger partial charge is 0.133 e. The third kappa shape index (κ3) is 4.25. The highest BCUT2D eigenvalue weighted by Gasteiger charge is 2.01. The molecule has 0 aliphatic heterocycles. The Morgan fingerprint density at radius 3 is 2.80 bits per heavy atom. The van der Waals surface area contributed by atoms with Gasteiger partial charge in [-0.15, -0.1) is 0 Å². The minimum absolute atomic E-state index is 0.686. The van der Waals surface area contributed by atoms with Crippen LogP contribution in [0.25, 0.3) is 0 Å². The van der Waals surface area contributed by atoms with Gasteiger partial charge in [-0.1, -0.05) is 0 Å². The van der Waals surface area contributed by atoms with Gasteiger partial charge in [0, 0.05) is 31.3 Å². The zero-order valence-electron chi connectivity index (χ0n) is 9.71. The summed E-state index contributed by atoms with van der Waals surface area (Å²) in [6, 6.07) is 1.95. The Hall–Kier alpha value is -1.16. The highest BCUT2D eigenvalue weighted by molar-refractivity contribution is 5.35. The monoisotopic (exact) mass is 209 g/mol. The molecule has 1 aromatic heterocycles. The Morgan fingerprint density at radius 2 is 2.13 bits per heavy atom. The summed E-state index contributed by atoms with van der Waals surface area (Å²) < 4.78 is 5.28. The van der Waals surface area contributed by atoms with Crippen molar-refractivity contribution in [3.8, 4) is 0 Å². The minimum atomic E-state index is 0.686. The average Bonchev–Trinajstić information content (AvgIpc) is 2.18. The van der Waals surface area contributed by atoms with Crippen LogP contribution in [0.2, 0.25) is 0 Å². The molecule has 0 unspecified atom stereocenters. The molecule has 0 aromatic carbocycles. The minimum Gasteiger partial charge on any atom is -0.381 e. The van der Waals surface area contributed by atoms with Crippen LogP contribution in [0.15, 0.2) is 6.07 Å². The van der Waals surface area contributed by atoms with Gasteiger partial charge in [0.2, 0.25) is 0 Å². The summed E-state index contributed by atoms with van der Waals surface area (Å²) in [6.45, 7) is 8.32. The number of aromatic nitrogens is 2. The van der Waals surface area contributed by atoms with Gasteiger partial charge in [-0.05, 0) is 20.8 Å². The van der Waals surface area contributed by atoms with Crippen LogP contribution in [0.4, 0.5) is 5.82 Å². The van der Waals surface area contributed by atoms with Crippen molar-refractivity contribution < 1.29 is 4.74 Å². The molecule has 0 atom stereocenters. The van der Waals surface area contributed by atoms with Gasteiger partial charge in [-0.3, -0.25) is 0 Å². The lowest BCUT2D eigenvalue weighted by molar-refractivity contribution is 0.149. The van der Waals surface area contributed by atoms with Crippen LogP contribution in [-0.4, -0.2) is 29.7 Å². The summed E-state index contributed by atoms with van der Waals surface area (Å²) >= 11 is 0. The number of ether oxygens (including phenoxy) is 1. The molecule has 1 rings (SSSR count). The normalized spacial score (nSPS) is 10.3. The molecule has 1 heterocycles. The summed E-state index contributed by atoms with van der Waals surface area (Å²) in [6.07, 6.45) is 0.772. The van der Waals surface area contributed by atoms with E-state index >= 15 is 0 Å². The Bertz CT molecular complexity index is 302. The van der Waals surface area contributed by atoms with Crippen LogP contribution in [-0.2, 0) is 11.2 Å². The number of rotatable bonds is 6. The number of hydrogen-bond donors (Lipinski definition) is 1. The van der Waals surface area contributed by atoms with E-state index in [-0.39, 0.29) is 0 Å². The van der Waals surface area contributed by atoms with Crippen LogP contribution < -0.4 is 5.32 Å². The molecule has 4 nitrogen and oxygen atoms in total. The molecule has 0 saturated carbocycles. The van der Waals surface area contributed by atoms with E-state index in [1.807, 2.05) is 19.9 Å². The van der Waals surface area contributed by atoms with Crippen molar-refractivity contribution in [2.45, 2.75) is 27.2 Å². The second-order valence-electron chi connectivity index (χ2n) is 3.29. The van der Waals surface area contributed by atoms with E-state index in [2.05, 4.69) is 22.2 Å². The van der Waals surface area contributed by atoms with Gasteiger partial charge >= 0.3 is 0 Å². The SMILES string of the molecule is CCNc1cc(C)nc(CCOCC)n1. The first-order valence-corrected chi connectivity index (χ1v) is 5.42. The van der Waals surface area contributed by atoms with Crippen LogP contribution >= 0.6 is 0 Å². The number of hydrogen-bond acceptors (Lipinski definition) is 4. The molecule has 0 amide bonds. The maximum Gasteiger partial charge on any atom is 0.133 e. The standard InChI is InChI=1S/C11H19N3O/c1-4-12-11-8-9(3)13-10(14-11)6-7-15-5-2/h8H,4-7H2,1-3H3,(H,12,13,14).